The van der Waals surface area contributed by atoms with E-state index in [2.05, 4.69) is 65.2 Å². The van der Waals surface area contributed by atoms with Crippen LogP contribution in [0.4, 0.5) is 0 Å². The Morgan fingerprint density at radius 3 is 0.579 bits per heavy atom. The molecule has 6 nitrogen and oxygen atoms in total. The fraction of sp³-hybridized carbons (Fsp3) is 1.00. The molecular formula is C8H28CaO6P2S2. The Morgan fingerprint density at radius 1 is 0.579 bits per heavy atom. The third kappa shape index (κ3) is 1270. The zero-order chi connectivity index (χ0) is 16.2. The topological polar surface area (TPSA) is 121 Å². The Balaban J connectivity index is -0.0000000453. The SMILES string of the molecule is CC(C)C.CC(C)C.OP(O)(O)=S.OP(O)(O)=S.[CaH2]. The molecular weight excluding hydrogens is 358 g/mol. The van der Waals surface area contributed by atoms with Crippen LogP contribution in [0.5, 0.6) is 0 Å². The molecule has 0 amide bonds. The molecule has 0 radical (unpaired) electrons. The molecule has 120 valence electrons. The van der Waals surface area contributed by atoms with Crippen molar-refractivity contribution < 1.29 is 29.4 Å². The van der Waals surface area contributed by atoms with Crippen LogP contribution in [0.15, 0.2) is 0 Å². The molecule has 0 spiro atoms. The molecule has 0 heterocycles. The van der Waals surface area contributed by atoms with Crippen LogP contribution in [0.1, 0.15) is 41.5 Å². The molecule has 0 aliphatic heterocycles. The van der Waals surface area contributed by atoms with Gasteiger partial charge in [0.1, 0.15) is 0 Å². The van der Waals surface area contributed by atoms with Crippen molar-refractivity contribution >= 4 is 74.8 Å². The van der Waals surface area contributed by atoms with Crippen LogP contribution in [-0.4, -0.2) is 67.1 Å². The van der Waals surface area contributed by atoms with Crippen molar-refractivity contribution in [2.75, 3.05) is 0 Å². The van der Waals surface area contributed by atoms with Gasteiger partial charge in [-0.25, -0.2) is 0 Å². The molecule has 6 N–H and O–H groups in total. The molecule has 0 bridgehead atoms. The van der Waals surface area contributed by atoms with Crippen LogP contribution in [0.25, 0.3) is 0 Å². The van der Waals surface area contributed by atoms with E-state index in [9.17, 15) is 0 Å². The van der Waals surface area contributed by atoms with Gasteiger partial charge in [-0.2, -0.15) is 0 Å². The second-order valence-corrected chi connectivity index (χ2v) is 9.48. The summed E-state index contributed by atoms with van der Waals surface area (Å²) in [6.07, 6.45) is 0. The van der Waals surface area contributed by atoms with Gasteiger partial charge in [0.05, 0.1) is 0 Å². The van der Waals surface area contributed by atoms with Crippen molar-refractivity contribution in [2.24, 2.45) is 11.8 Å². The van der Waals surface area contributed by atoms with Crippen LogP contribution in [0.3, 0.4) is 0 Å². The molecule has 0 rings (SSSR count). The van der Waals surface area contributed by atoms with Crippen LogP contribution < -0.4 is 0 Å². The van der Waals surface area contributed by atoms with Crippen molar-refractivity contribution in [1.29, 1.82) is 0 Å². The van der Waals surface area contributed by atoms with E-state index in [-0.39, 0.29) is 37.7 Å². The summed E-state index contributed by atoms with van der Waals surface area (Å²) in [6.45, 7) is 5.39. The Labute approximate surface area is 156 Å². The Bertz CT molecular complexity index is 206. The summed E-state index contributed by atoms with van der Waals surface area (Å²) >= 11 is 7.21. The normalized spacial score (nSPS) is 10.0. The van der Waals surface area contributed by atoms with E-state index in [0.29, 0.717) is 0 Å². The first-order valence-electron chi connectivity index (χ1n) is 5.03. The molecule has 0 aromatic heterocycles. The molecule has 0 unspecified atom stereocenters. The van der Waals surface area contributed by atoms with Gasteiger partial charge in [-0.05, 0) is 35.4 Å². The minimum atomic E-state index is -3.81. The molecule has 0 aliphatic carbocycles. The van der Waals surface area contributed by atoms with E-state index < -0.39 is 13.4 Å². The fourth-order valence-corrected chi connectivity index (χ4v) is 0. The average molecular weight is 386 g/mol. The Hall–Kier alpha value is 2.32. The van der Waals surface area contributed by atoms with Gasteiger partial charge >= 0.3 is 51.2 Å². The number of rotatable bonds is 0. The molecule has 19 heavy (non-hydrogen) atoms. The average Bonchev–Trinajstić information content (AvgIpc) is 1.70. The van der Waals surface area contributed by atoms with Crippen molar-refractivity contribution in [3.8, 4) is 0 Å². The van der Waals surface area contributed by atoms with Gasteiger partial charge in [-0.1, -0.05) is 41.5 Å². The van der Waals surface area contributed by atoms with Gasteiger partial charge in [-0.3, -0.25) is 0 Å². The number of hydrogen-bond donors (Lipinski definition) is 6. The summed E-state index contributed by atoms with van der Waals surface area (Å²) in [6, 6.07) is 0. The van der Waals surface area contributed by atoms with Gasteiger partial charge in [0.15, 0.2) is 0 Å². The molecule has 0 atom stereocenters. The summed E-state index contributed by atoms with van der Waals surface area (Å²) in [5.41, 5.74) is 0. The van der Waals surface area contributed by atoms with Crippen LogP contribution in [0.2, 0.25) is 0 Å². The summed E-state index contributed by atoms with van der Waals surface area (Å²) in [4.78, 5) is 45.3. The van der Waals surface area contributed by atoms with Crippen LogP contribution in [-0.2, 0) is 23.6 Å². The zero-order valence-electron chi connectivity index (χ0n) is 11.5. The van der Waals surface area contributed by atoms with E-state index in [0.717, 1.165) is 11.8 Å². The molecule has 0 saturated carbocycles. The van der Waals surface area contributed by atoms with Crippen molar-refractivity contribution in [3.63, 3.8) is 0 Å². The maximum absolute atomic E-state index is 7.56. The maximum atomic E-state index is 7.56. The molecule has 0 fully saturated rings. The number of hydrogen-bond acceptors (Lipinski definition) is 2. The summed E-state index contributed by atoms with van der Waals surface area (Å²) in [5, 5.41) is 0. The third-order valence-electron chi connectivity index (χ3n) is 0. The standard InChI is InChI=1S/2C4H10.Ca.2H3O3PS.2H/c2*1-4(2)3;;2*1-4(2,3)5;;/h2*4H,1-3H3;;2*(H3,1,2,3,5);;. The first-order chi connectivity index (χ1) is 7.46. The van der Waals surface area contributed by atoms with Crippen molar-refractivity contribution in [1.82, 2.24) is 0 Å². The summed E-state index contributed by atoms with van der Waals surface area (Å²) in [5.74, 6) is 1.67. The van der Waals surface area contributed by atoms with Gasteiger partial charge in [0, 0.05) is 0 Å². The quantitative estimate of drug-likeness (QED) is 0.267. The van der Waals surface area contributed by atoms with Crippen LogP contribution in [0, 0.1) is 11.8 Å². The predicted molar refractivity (Wildman–Crippen MR) is 91.5 cm³/mol. The van der Waals surface area contributed by atoms with Gasteiger partial charge in [-0.15, -0.1) is 0 Å². The van der Waals surface area contributed by atoms with E-state index in [1.165, 1.54) is 0 Å². The molecule has 0 aliphatic rings. The second kappa shape index (κ2) is 18.4. The van der Waals surface area contributed by atoms with Crippen molar-refractivity contribution in [3.05, 3.63) is 0 Å². The van der Waals surface area contributed by atoms with Crippen LogP contribution >= 0.6 is 13.4 Å². The monoisotopic (exact) mass is 386 g/mol. The molecule has 0 aromatic carbocycles. The molecule has 11 heteroatoms. The predicted octanol–water partition coefficient (Wildman–Crippen LogP) is 0.784. The van der Waals surface area contributed by atoms with E-state index >= 15 is 0 Å². The second-order valence-electron chi connectivity index (χ2n) is 4.49. The first kappa shape index (κ1) is 33.1. The zero-order valence-corrected chi connectivity index (χ0v) is 15.0. The van der Waals surface area contributed by atoms with Gasteiger partial charge in [0.2, 0.25) is 0 Å². The first-order valence-corrected chi connectivity index (χ1v) is 10.4. The Morgan fingerprint density at radius 2 is 0.579 bits per heavy atom. The summed E-state index contributed by atoms with van der Waals surface area (Å²) < 4.78 is 0. The third-order valence-corrected chi connectivity index (χ3v) is 0. The minimum absolute atomic E-state index is 0. The van der Waals surface area contributed by atoms with Gasteiger partial charge in [0.25, 0.3) is 0 Å². The van der Waals surface area contributed by atoms with E-state index in [1.54, 1.807) is 0 Å². The van der Waals surface area contributed by atoms with Gasteiger partial charge < -0.3 is 29.4 Å². The fourth-order valence-electron chi connectivity index (χ4n) is 0. The molecule has 0 aromatic rings. The molecule has 0 saturated heterocycles. The Kier molecular flexibility index (Phi) is 32.0. The van der Waals surface area contributed by atoms with E-state index in [4.69, 9.17) is 29.4 Å². The van der Waals surface area contributed by atoms with Crippen molar-refractivity contribution in [2.45, 2.75) is 41.5 Å². The van der Waals surface area contributed by atoms with E-state index in [1.807, 2.05) is 0 Å². The summed E-state index contributed by atoms with van der Waals surface area (Å²) in [7, 11) is 0.